The van der Waals surface area contributed by atoms with Crippen molar-refractivity contribution < 1.29 is 23.0 Å². The van der Waals surface area contributed by atoms with Crippen LogP contribution >= 0.6 is 11.6 Å². The highest BCUT2D eigenvalue weighted by molar-refractivity contribution is 6.32. The summed E-state index contributed by atoms with van der Waals surface area (Å²) in [5.74, 6) is 0.794. The van der Waals surface area contributed by atoms with Crippen LogP contribution in [-0.2, 0) is 19.1 Å². The Morgan fingerprint density at radius 2 is 1.51 bits per heavy atom. The first-order chi connectivity index (χ1) is 20.8. The molecule has 0 spiro atoms. The van der Waals surface area contributed by atoms with Gasteiger partial charge in [-0.05, 0) is 59.8 Å². The number of hydrogen-bond donors (Lipinski definition) is 2. The first kappa shape index (κ1) is 32.6. The Kier molecular flexibility index (Phi) is 12.5. The summed E-state index contributed by atoms with van der Waals surface area (Å²) in [6.07, 6.45) is -3.02. The average molecular weight is 611 g/mol. The molecule has 0 amide bonds. The van der Waals surface area contributed by atoms with Crippen molar-refractivity contribution in [2.75, 3.05) is 39.4 Å². The maximum absolute atomic E-state index is 13.6. The zero-order chi connectivity index (χ0) is 30.5. The van der Waals surface area contributed by atoms with Gasteiger partial charge in [-0.2, -0.15) is 13.2 Å². The Bertz CT molecular complexity index is 1350. The summed E-state index contributed by atoms with van der Waals surface area (Å²) in [6, 6.07) is 32.4. The zero-order valence-electron chi connectivity index (χ0n) is 24.1. The largest absolute Gasteiger partial charge is 0.494 e. The summed E-state index contributed by atoms with van der Waals surface area (Å²) in [5.41, 5.74) is 3.03. The molecule has 43 heavy (non-hydrogen) atoms. The summed E-state index contributed by atoms with van der Waals surface area (Å²) >= 11 is 6.33. The molecule has 0 radical (unpaired) electrons. The van der Waals surface area contributed by atoms with Crippen molar-refractivity contribution in [3.63, 3.8) is 0 Å². The van der Waals surface area contributed by atoms with Gasteiger partial charge in [-0.25, -0.2) is 0 Å². The molecule has 4 aromatic rings. The molecule has 8 heteroatoms. The predicted octanol–water partition coefficient (Wildman–Crippen LogP) is 7.59. The number of nitrogens with one attached hydrogen (secondary N) is 1. The van der Waals surface area contributed by atoms with Gasteiger partial charge >= 0.3 is 6.18 Å². The van der Waals surface area contributed by atoms with Crippen LogP contribution in [0.4, 0.5) is 13.2 Å². The van der Waals surface area contributed by atoms with Crippen LogP contribution < -0.4 is 10.1 Å². The molecule has 0 saturated heterocycles. The summed E-state index contributed by atoms with van der Waals surface area (Å²) in [4.78, 5) is 2.17. The van der Waals surface area contributed by atoms with E-state index in [9.17, 15) is 13.2 Å². The third-order valence-corrected chi connectivity index (χ3v) is 7.73. The molecule has 2 N–H and O–H groups in total. The Morgan fingerprint density at radius 3 is 2.16 bits per heavy atom. The molecule has 4 aromatic carbocycles. The van der Waals surface area contributed by atoms with Crippen LogP contribution in [-0.4, -0.2) is 49.4 Å². The molecule has 0 aliphatic rings. The third-order valence-electron chi connectivity index (χ3n) is 7.29. The topological polar surface area (TPSA) is 44.7 Å². The average Bonchev–Trinajstić information content (AvgIpc) is 3.01. The highest BCUT2D eigenvalue weighted by atomic mass is 35.5. The second-order valence-corrected chi connectivity index (χ2v) is 10.8. The minimum atomic E-state index is -4.52. The molecule has 0 saturated carbocycles. The van der Waals surface area contributed by atoms with Gasteiger partial charge in [0.1, 0.15) is 5.75 Å². The SMILES string of the molecule is OCCNCCc1cccc(OCCCN(Cc2cccc(C(F)(F)F)c2Cl)CC(c2ccccc2)c2ccccc2)c1. The van der Waals surface area contributed by atoms with Crippen molar-refractivity contribution in [1.29, 1.82) is 0 Å². The van der Waals surface area contributed by atoms with Crippen LogP contribution in [0.5, 0.6) is 5.75 Å². The lowest BCUT2D eigenvalue weighted by Gasteiger charge is -2.29. The minimum Gasteiger partial charge on any atom is -0.494 e. The number of rotatable bonds is 16. The minimum absolute atomic E-state index is 0.0176. The van der Waals surface area contributed by atoms with E-state index >= 15 is 0 Å². The summed E-state index contributed by atoms with van der Waals surface area (Å²) in [5, 5.41) is 11.9. The first-order valence-electron chi connectivity index (χ1n) is 14.6. The quantitative estimate of drug-likeness (QED) is 0.128. The van der Waals surface area contributed by atoms with Crippen LogP contribution in [0.15, 0.2) is 103 Å². The molecule has 0 aliphatic carbocycles. The first-order valence-corrected chi connectivity index (χ1v) is 14.9. The van der Waals surface area contributed by atoms with E-state index in [1.54, 1.807) is 6.07 Å². The lowest BCUT2D eigenvalue weighted by Crippen LogP contribution is -2.31. The predicted molar refractivity (Wildman–Crippen MR) is 167 cm³/mol. The molecule has 0 fully saturated rings. The number of benzene rings is 4. The van der Waals surface area contributed by atoms with Crippen molar-refractivity contribution in [3.05, 3.63) is 136 Å². The second kappa shape index (κ2) is 16.5. The molecule has 0 unspecified atom stereocenters. The van der Waals surface area contributed by atoms with Crippen LogP contribution in [0.25, 0.3) is 0 Å². The van der Waals surface area contributed by atoms with Crippen LogP contribution in [0.2, 0.25) is 5.02 Å². The van der Waals surface area contributed by atoms with Crippen molar-refractivity contribution in [1.82, 2.24) is 10.2 Å². The fourth-order valence-electron chi connectivity index (χ4n) is 5.13. The van der Waals surface area contributed by atoms with E-state index in [2.05, 4.69) is 34.5 Å². The number of aliphatic hydroxyl groups excluding tert-OH is 1. The van der Waals surface area contributed by atoms with Gasteiger partial charge < -0.3 is 15.2 Å². The van der Waals surface area contributed by atoms with E-state index in [1.807, 2.05) is 60.7 Å². The standard InChI is InChI=1S/C35H38ClF3N2O2/c36-34-30(15-8-17-33(34)35(37,38)39)25-41(26-32(28-11-3-1-4-12-28)29-13-5-2-6-14-29)21-9-23-43-31-16-7-10-27(24-31)18-19-40-20-22-42/h1-8,10-17,24,32,40,42H,9,18-23,25-26H2. The molecule has 4 nitrogen and oxygen atoms in total. The monoisotopic (exact) mass is 610 g/mol. The maximum atomic E-state index is 13.6. The van der Waals surface area contributed by atoms with Crippen molar-refractivity contribution in [2.45, 2.75) is 31.5 Å². The van der Waals surface area contributed by atoms with Gasteiger partial charge in [0.2, 0.25) is 0 Å². The lowest BCUT2D eigenvalue weighted by atomic mass is 9.90. The molecule has 228 valence electrons. The molecule has 0 aliphatic heterocycles. The number of aliphatic hydroxyl groups is 1. The number of nitrogens with zero attached hydrogens (tertiary/aromatic N) is 1. The van der Waals surface area contributed by atoms with Gasteiger partial charge in [0.15, 0.2) is 0 Å². The fourth-order valence-corrected chi connectivity index (χ4v) is 5.43. The Morgan fingerprint density at radius 1 is 0.837 bits per heavy atom. The third kappa shape index (κ3) is 10.1. The maximum Gasteiger partial charge on any atom is 0.417 e. The molecule has 0 aromatic heterocycles. The van der Waals surface area contributed by atoms with E-state index in [1.165, 1.54) is 6.07 Å². The van der Waals surface area contributed by atoms with Crippen LogP contribution in [0, 0.1) is 0 Å². The normalized spacial score (nSPS) is 11.8. The van der Waals surface area contributed by atoms with Crippen LogP contribution in [0.3, 0.4) is 0 Å². The molecule has 4 rings (SSSR count). The molecule has 0 bridgehead atoms. The van der Waals surface area contributed by atoms with Crippen LogP contribution in [0.1, 0.15) is 40.2 Å². The summed E-state index contributed by atoms with van der Waals surface area (Å²) in [7, 11) is 0. The molecular formula is C35H38ClF3N2O2. The van der Waals surface area contributed by atoms with E-state index in [4.69, 9.17) is 21.4 Å². The van der Waals surface area contributed by atoms with Crippen molar-refractivity contribution in [2.24, 2.45) is 0 Å². The van der Waals surface area contributed by atoms with E-state index < -0.39 is 11.7 Å². The van der Waals surface area contributed by atoms with Gasteiger partial charge in [0, 0.05) is 32.1 Å². The molecule has 0 atom stereocenters. The number of alkyl halides is 3. The fraction of sp³-hybridized carbons (Fsp3) is 0.314. The Labute approximate surface area is 257 Å². The Balaban J connectivity index is 1.49. The van der Waals surface area contributed by atoms with E-state index in [0.29, 0.717) is 38.2 Å². The highest BCUT2D eigenvalue weighted by Crippen LogP contribution is 2.37. The smallest absolute Gasteiger partial charge is 0.417 e. The van der Waals surface area contributed by atoms with Gasteiger partial charge in [-0.3, -0.25) is 4.90 Å². The van der Waals surface area contributed by atoms with Crippen molar-refractivity contribution in [3.8, 4) is 5.75 Å². The molecular weight excluding hydrogens is 573 g/mol. The zero-order valence-corrected chi connectivity index (χ0v) is 24.8. The highest BCUT2D eigenvalue weighted by Gasteiger charge is 2.34. The van der Waals surface area contributed by atoms with Gasteiger partial charge in [0.05, 0.1) is 23.8 Å². The molecule has 0 heterocycles. The van der Waals surface area contributed by atoms with E-state index in [-0.39, 0.29) is 24.1 Å². The van der Waals surface area contributed by atoms with E-state index in [0.717, 1.165) is 41.5 Å². The van der Waals surface area contributed by atoms with Crippen molar-refractivity contribution >= 4 is 11.6 Å². The second-order valence-electron chi connectivity index (χ2n) is 10.5. The van der Waals surface area contributed by atoms with Gasteiger partial charge in [-0.15, -0.1) is 0 Å². The Hall–Kier alpha value is -3.36. The summed E-state index contributed by atoms with van der Waals surface area (Å²) in [6.45, 7) is 3.37. The summed E-state index contributed by atoms with van der Waals surface area (Å²) < 4.78 is 47.0. The van der Waals surface area contributed by atoms with Gasteiger partial charge in [0.25, 0.3) is 0 Å². The number of halogens is 4. The number of ether oxygens (including phenoxy) is 1. The number of hydrogen-bond acceptors (Lipinski definition) is 4. The lowest BCUT2D eigenvalue weighted by molar-refractivity contribution is -0.137. The van der Waals surface area contributed by atoms with Gasteiger partial charge in [-0.1, -0.05) is 96.5 Å².